The molecule has 1 aliphatic heterocycles. The lowest BCUT2D eigenvalue weighted by atomic mass is 10.2. The number of carbonyl (C=O) groups excluding carboxylic acids is 2. The molecule has 0 radical (unpaired) electrons. The quantitative estimate of drug-likeness (QED) is 0.589. The number of hydrogen-bond acceptors (Lipinski definition) is 7. The first-order chi connectivity index (χ1) is 12.4. The summed E-state index contributed by atoms with van der Waals surface area (Å²) in [5.74, 6) is -1.36. The standard InChI is InChI=1S/C16H19N3O6S/c17-8-12-3-5-14(6-4-12)26(22,23)19-10-16(21)25-11-15(20)18-9-13-2-1-7-24-13/h3-6,13,19H,1-2,7,9-11H2,(H,18,20)/t13-/m1/s1. The van der Waals surface area contributed by atoms with Crippen molar-refractivity contribution in [1.82, 2.24) is 10.0 Å². The summed E-state index contributed by atoms with van der Waals surface area (Å²) in [6.07, 6.45) is 1.81. The fourth-order valence-electron chi connectivity index (χ4n) is 2.23. The molecule has 10 heteroatoms. The van der Waals surface area contributed by atoms with E-state index in [1.54, 1.807) is 0 Å². The van der Waals surface area contributed by atoms with Crippen LogP contribution < -0.4 is 10.0 Å². The van der Waals surface area contributed by atoms with Gasteiger partial charge in [-0.25, -0.2) is 8.42 Å². The van der Waals surface area contributed by atoms with Crippen molar-refractivity contribution in [3.8, 4) is 6.07 Å². The highest BCUT2D eigenvalue weighted by Crippen LogP contribution is 2.10. The Morgan fingerprint density at radius 1 is 1.31 bits per heavy atom. The van der Waals surface area contributed by atoms with Crippen molar-refractivity contribution in [2.45, 2.75) is 23.8 Å². The number of nitrogens with zero attached hydrogens (tertiary/aromatic N) is 1. The Bertz CT molecular complexity index is 779. The zero-order chi connectivity index (χ0) is 19.0. The van der Waals surface area contributed by atoms with E-state index in [1.165, 1.54) is 24.3 Å². The molecule has 1 atom stereocenters. The second-order valence-corrected chi connectivity index (χ2v) is 7.33. The van der Waals surface area contributed by atoms with Gasteiger partial charge in [-0.3, -0.25) is 9.59 Å². The highest BCUT2D eigenvalue weighted by atomic mass is 32.2. The third-order valence-corrected chi connectivity index (χ3v) is 5.03. The van der Waals surface area contributed by atoms with Gasteiger partial charge in [0.25, 0.3) is 5.91 Å². The van der Waals surface area contributed by atoms with Crippen LogP contribution in [0.1, 0.15) is 18.4 Å². The number of ether oxygens (including phenoxy) is 2. The van der Waals surface area contributed by atoms with Crippen LogP contribution in [-0.4, -0.2) is 52.7 Å². The van der Waals surface area contributed by atoms with Gasteiger partial charge < -0.3 is 14.8 Å². The first-order valence-corrected chi connectivity index (χ1v) is 9.43. The summed E-state index contributed by atoms with van der Waals surface area (Å²) < 4.78 is 36.2. The number of sulfonamides is 1. The summed E-state index contributed by atoms with van der Waals surface area (Å²) in [7, 11) is -3.92. The maximum Gasteiger partial charge on any atom is 0.321 e. The van der Waals surface area contributed by atoms with E-state index in [2.05, 4.69) is 10.0 Å². The van der Waals surface area contributed by atoms with Crippen LogP contribution >= 0.6 is 0 Å². The van der Waals surface area contributed by atoms with Gasteiger partial charge in [0.15, 0.2) is 6.61 Å². The molecule has 0 aliphatic carbocycles. The summed E-state index contributed by atoms with van der Waals surface area (Å²) in [4.78, 5) is 23.1. The molecule has 2 N–H and O–H groups in total. The number of carbonyl (C=O) groups is 2. The van der Waals surface area contributed by atoms with Gasteiger partial charge in [0.05, 0.1) is 22.6 Å². The second-order valence-electron chi connectivity index (χ2n) is 5.56. The van der Waals surface area contributed by atoms with E-state index in [0.29, 0.717) is 18.7 Å². The Kier molecular flexibility index (Phi) is 7.08. The van der Waals surface area contributed by atoms with Gasteiger partial charge in [0, 0.05) is 13.2 Å². The van der Waals surface area contributed by atoms with Crippen molar-refractivity contribution >= 4 is 21.9 Å². The molecule has 1 saturated heterocycles. The summed E-state index contributed by atoms with van der Waals surface area (Å²) in [5.41, 5.74) is 0.317. The third kappa shape index (κ3) is 6.11. The zero-order valence-electron chi connectivity index (χ0n) is 13.9. The van der Waals surface area contributed by atoms with Gasteiger partial charge >= 0.3 is 5.97 Å². The molecular formula is C16H19N3O6S. The lowest BCUT2D eigenvalue weighted by molar-refractivity contribution is -0.147. The maximum absolute atomic E-state index is 12.0. The number of amides is 1. The minimum absolute atomic E-state index is 0.0196. The molecule has 0 spiro atoms. The van der Waals surface area contributed by atoms with Crippen LogP contribution in [0.4, 0.5) is 0 Å². The summed E-state index contributed by atoms with van der Waals surface area (Å²) in [6, 6.07) is 7.09. The van der Waals surface area contributed by atoms with E-state index in [9.17, 15) is 18.0 Å². The largest absolute Gasteiger partial charge is 0.455 e. The molecule has 26 heavy (non-hydrogen) atoms. The molecular weight excluding hydrogens is 362 g/mol. The topological polar surface area (TPSA) is 135 Å². The first-order valence-electron chi connectivity index (χ1n) is 7.94. The van der Waals surface area contributed by atoms with E-state index >= 15 is 0 Å². The molecule has 1 aromatic rings. The minimum Gasteiger partial charge on any atom is -0.455 e. The molecule has 1 fully saturated rings. The van der Waals surface area contributed by atoms with Gasteiger partial charge in [-0.15, -0.1) is 0 Å². The van der Waals surface area contributed by atoms with Crippen molar-refractivity contribution in [3.05, 3.63) is 29.8 Å². The summed E-state index contributed by atoms with van der Waals surface area (Å²) >= 11 is 0. The molecule has 1 aromatic carbocycles. The summed E-state index contributed by atoms with van der Waals surface area (Å²) in [6.45, 7) is -0.0812. The fourth-order valence-corrected chi connectivity index (χ4v) is 3.20. The van der Waals surface area contributed by atoms with Crippen LogP contribution in [0.2, 0.25) is 0 Å². The molecule has 0 aromatic heterocycles. The van der Waals surface area contributed by atoms with Gasteiger partial charge in [0.2, 0.25) is 10.0 Å². The molecule has 1 amide bonds. The fraction of sp³-hybridized carbons (Fsp3) is 0.438. The Hall–Kier alpha value is -2.48. The van der Waals surface area contributed by atoms with Gasteiger partial charge in [-0.05, 0) is 37.1 Å². The molecule has 2 rings (SSSR count). The van der Waals surface area contributed by atoms with E-state index < -0.39 is 35.1 Å². The van der Waals surface area contributed by atoms with Gasteiger partial charge in [-0.1, -0.05) is 0 Å². The SMILES string of the molecule is N#Cc1ccc(S(=O)(=O)NCC(=O)OCC(=O)NC[C@H]2CCCO2)cc1. The Labute approximate surface area is 151 Å². The van der Waals surface area contributed by atoms with Crippen LogP contribution in [-0.2, 0) is 29.1 Å². The predicted octanol–water partition coefficient (Wildman–Crippen LogP) is -0.325. The van der Waals surface area contributed by atoms with E-state index in [1.807, 2.05) is 6.07 Å². The van der Waals surface area contributed by atoms with Crippen LogP contribution in [0, 0.1) is 11.3 Å². The number of hydrogen-bond donors (Lipinski definition) is 2. The van der Waals surface area contributed by atoms with Crippen LogP contribution in [0.25, 0.3) is 0 Å². The number of esters is 1. The van der Waals surface area contributed by atoms with Gasteiger partial charge in [0.1, 0.15) is 6.54 Å². The Morgan fingerprint density at radius 3 is 2.65 bits per heavy atom. The molecule has 0 saturated carbocycles. The molecule has 9 nitrogen and oxygen atoms in total. The molecule has 1 heterocycles. The number of nitriles is 1. The van der Waals surface area contributed by atoms with Crippen molar-refractivity contribution in [2.75, 3.05) is 26.3 Å². The van der Waals surface area contributed by atoms with Crippen molar-refractivity contribution in [3.63, 3.8) is 0 Å². The first kappa shape index (κ1) is 19.8. The Morgan fingerprint density at radius 2 is 2.04 bits per heavy atom. The number of rotatable bonds is 8. The molecule has 1 aliphatic rings. The number of benzene rings is 1. The molecule has 0 bridgehead atoms. The van der Waals surface area contributed by atoms with Gasteiger partial charge in [-0.2, -0.15) is 9.98 Å². The normalized spacial score (nSPS) is 16.7. The average molecular weight is 381 g/mol. The highest BCUT2D eigenvalue weighted by molar-refractivity contribution is 7.89. The van der Waals surface area contributed by atoms with Crippen LogP contribution in [0.3, 0.4) is 0 Å². The van der Waals surface area contributed by atoms with E-state index in [-0.39, 0.29) is 11.0 Å². The average Bonchev–Trinajstić information content (AvgIpc) is 3.16. The van der Waals surface area contributed by atoms with E-state index in [4.69, 9.17) is 14.7 Å². The minimum atomic E-state index is -3.92. The van der Waals surface area contributed by atoms with Crippen LogP contribution in [0.15, 0.2) is 29.2 Å². The molecule has 0 unspecified atom stereocenters. The van der Waals surface area contributed by atoms with E-state index in [0.717, 1.165) is 12.8 Å². The lowest BCUT2D eigenvalue weighted by Gasteiger charge is -2.11. The Balaban J connectivity index is 1.71. The predicted molar refractivity (Wildman–Crippen MR) is 89.3 cm³/mol. The summed E-state index contributed by atoms with van der Waals surface area (Å²) in [5, 5.41) is 11.3. The zero-order valence-corrected chi connectivity index (χ0v) is 14.8. The molecule has 140 valence electrons. The van der Waals surface area contributed by atoms with Crippen molar-refractivity contribution < 1.29 is 27.5 Å². The second kappa shape index (κ2) is 9.28. The maximum atomic E-state index is 12.0. The van der Waals surface area contributed by atoms with Crippen molar-refractivity contribution in [2.24, 2.45) is 0 Å². The van der Waals surface area contributed by atoms with Crippen LogP contribution in [0.5, 0.6) is 0 Å². The smallest absolute Gasteiger partial charge is 0.321 e. The lowest BCUT2D eigenvalue weighted by Crippen LogP contribution is -2.36. The monoisotopic (exact) mass is 381 g/mol. The third-order valence-electron chi connectivity index (χ3n) is 3.62. The number of nitrogens with one attached hydrogen (secondary N) is 2. The van der Waals surface area contributed by atoms with Crippen molar-refractivity contribution in [1.29, 1.82) is 5.26 Å². The highest BCUT2D eigenvalue weighted by Gasteiger charge is 2.18.